The summed E-state index contributed by atoms with van der Waals surface area (Å²) in [5.74, 6) is 0.565. The van der Waals surface area contributed by atoms with E-state index in [4.69, 9.17) is 21.7 Å². The summed E-state index contributed by atoms with van der Waals surface area (Å²) in [6.45, 7) is 2.84. The Kier molecular flexibility index (Phi) is 9.70. The normalized spacial score (nSPS) is 10.3. The van der Waals surface area contributed by atoms with Crippen LogP contribution in [-0.4, -0.2) is 29.7 Å². The third kappa shape index (κ3) is 7.86. The molecule has 0 fully saturated rings. The molecule has 9 heteroatoms. The van der Waals surface area contributed by atoms with Gasteiger partial charge in [0.2, 0.25) is 0 Å². The number of benzene rings is 2. The van der Waals surface area contributed by atoms with E-state index in [9.17, 15) is 14.9 Å². The zero-order chi connectivity index (χ0) is 22.6. The second kappa shape index (κ2) is 12.5. The Morgan fingerprint density at radius 2 is 1.81 bits per heavy atom. The number of rotatable bonds is 11. The van der Waals surface area contributed by atoms with E-state index in [2.05, 4.69) is 17.6 Å². The highest BCUT2D eigenvalue weighted by Gasteiger charge is 2.14. The number of thiocarbonyl (C=S) groups is 1. The number of nitrogens with one attached hydrogen (secondary N) is 2. The van der Waals surface area contributed by atoms with Crippen LogP contribution >= 0.6 is 12.2 Å². The molecule has 2 rings (SSSR count). The van der Waals surface area contributed by atoms with Crippen LogP contribution in [0.15, 0.2) is 42.5 Å². The van der Waals surface area contributed by atoms with Crippen LogP contribution in [0.25, 0.3) is 0 Å². The molecule has 0 aliphatic heterocycles. The zero-order valence-corrected chi connectivity index (χ0v) is 18.5. The van der Waals surface area contributed by atoms with E-state index in [-0.39, 0.29) is 22.5 Å². The number of unbranched alkanes of at least 4 members (excludes halogenated alkanes) is 4. The molecule has 0 atom stereocenters. The average molecular weight is 446 g/mol. The number of nitrogens with zero attached hydrogens (tertiary/aromatic N) is 1. The predicted molar refractivity (Wildman–Crippen MR) is 124 cm³/mol. The Balaban J connectivity index is 1.86. The highest BCUT2D eigenvalue weighted by atomic mass is 32.1. The van der Waals surface area contributed by atoms with Gasteiger partial charge in [-0.1, -0.05) is 32.6 Å². The lowest BCUT2D eigenvalue weighted by Crippen LogP contribution is -2.34. The number of hydrogen-bond donors (Lipinski definition) is 2. The monoisotopic (exact) mass is 445 g/mol. The maximum absolute atomic E-state index is 12.4. The Hall–Kier alpha value is -3.20. The summed E-state index contributed by atoms with van der Waals surface area (Å²) < 4.78 is 10.8. The molecule has 0 aliphatic rings. The van der Waals surface area contributed by atoms with E-state index < -0.39 is 4.92 Å². The standard InChI is InChI=1S/C22H27N3O5S/c1-3-4-5-6-7-14-30-18-11-8-16(9-12-18)21(26)24-22(31)23-19-13-10-17(25(27)28)15-20(19)29-2/h8-13,15H,3-7,14H2,1-2H3,(H2,23,24,26,31). The SMILES string of the molecule is CCCCCCCOc1ccc(C(=O)NC(=S)Nc2ccc([N+](=O)[O-])cc2OC)cc1. The van der Waals surface area contributed by atoms with Gasteiger partial charge in [-0.3, -0.25) is 20.2 Å². The van der Waals surface area contributed by atoms with E-state index >= 15 is 0 Å². The molecule has 1 amide bonds. The van der Waals surface area contributed by atoms with Crippen LogP contribution in [0.4, 0.5) is 11.4 Å². The first-order chi connectivity index (χ1) is 14.9. The van der Waals surface area contributed by atoms with Crippen LogP contribution in [0.2, 0.25) is 0 Å². The number of carbonyl (C=O) groups is 1. The highest BCUT2D eigenvalue weighted by molar-refractivity contribution is 7.80. The van der Waals surface area contributed by atoms with Crippen LogP contribution in [0, 0.1) is 10.1 Å². The van der Waals surface area contributed by atoms with Gasteiger partial charge in [-0.05, 0) is 49.0 Å². The van der Waals surface area contributed by atoms with Crippen LogP contribution < -0.4 is 20.1 Å². The molecule has 2 aromatic rings. The van der Waals surface area contributed by atoms with Crippen LogP contribution in [0.3, 0.4) is 0 Å². The van der Waals surface area contributed by atoms with E-state index in [1.807, 2.05) is 0 Å². The quantitative estimate of drug-likeness (QED) is 0.215. The van der Waals surface area contributed by atoms with Gasteiger partial charge in [-0.25, -0.2) is 0 Å². The first-order valence-corrected chi connectivity index (χ1v) is 10.5. The van der Waals surface area contributed by atoms with Gasteiger partial charge in [0.25, 0.3) is 11.6 Å². The summed E-state index contributed by atoms with van der Waals surface area (Å²) in [6.07, 6.45) is 5.84. The lowest BCUT2D eigenvalue weighted by Gasteiger charge is -2.13. The number of methoxy groups -OCH3 is 1. The predicted octanol–water partition coefficient (Wildman–Crippen LogP) is 5.08. The minimum Gasteiger partial charge on any atom is -0.494 e. The third-order valence-electron chi connectivity index (χ3n) is 4.50. The Bertz CT molecular complexity index is 903. The molecule has 0 spiro atoms. The van der Waals surface area contributed by atoms with Crippen LogP contribution in [0.1, 0.15) is 49.4 Å². The van der Waals surface area contributed by atoms with Gasteiger partial charge >= 0.3 is 0 Å². The first-order valence-electron chi connectivity index (χ1n) is 10.1. The number of carbonyl (C=O) groups excluding carboxylic acids is 1. The Morgan fingerprint density at radius 1 is 1.10 bits per heavy atom. The highest BCUT2D eigenvalue weighted by Crippen LogP contribution is 2.28. The fourth-order valence-corrected chi connectivity index (χ4v) is 3.03. The molecule has 0 aromatic heterocycles. The number of anilines is 1. The van der Waals surface area contributed by atoms with Crippen molar-refractivity contribution < 1.29 is 19.2 Å². The van der Waals surface area contributed by atoms with Crippen molar-refractivity contribution in [3.63, 3.8) is 0 Å². The summed E-state index contributed by atoms with van der Waals surface area (Å²) in [7, 11) is 1.39. The van der Waals surface area contributed by atoms with Gasteiger partial charge in [0.15, 0.2) is 5.11 Å². The molecule has 0 bridgehead atoms. The molecule has 8 nitrogen and oxygen atoms in total. The van der Waals surface area contributed by atoms with Gasteiger partial charge in [0.05, 0.1) is 30.4 Å². The average Bonchev–Trinajstić information content (AvgIpc) is 2.76. The van der Waals surface area contributed by atoms with E-state index in [1.54, 1.807) is 24.3 Å². The number of nitro benzene ring substituents is 1. The van der Waals surface area contributed by atoms with Gasteiger partial charge in [-0.15, -0.1) is 0 Å². The van der Waals surface area contributed by atoms with Crippen molar-refractivity contribution in [2.45, 2.75) is 39.0 Å². The molecule has 0 heterocycles. The van der Waals surface area contributed by atoms with Crippen LogP contribution in [0.5, 0.6) is 11.5 Å². The van der Waals surface area contributed by atoms with Crippen molar-refractivity contribution in [3.8, 4) is 11.5 Å². The smallest absolute Gasteiger partial charge is 0.273 e. The molecule has 166 valence electrons. The van der Waals surface area contributed by atoms with Crippen molar-refractivity contribution in [2.24, 2.45) is 0 Å². The number of nitro groups is 1. The molecule has 0 radical (unpaired) electrons. The summed E-state index contributed by atoms with van der Waals surface area (Å²) in [5.41, 5.74) is 0.719. The van der Waals surface area contributed by atoms with Crippen molar-refractivity contribution >= 4 is 34.6 Å². The molecule has 0 saturated carbocycles. The topological polar surface area (TPSA) is 103 Å². The van der Waals surface area contributed by atoms with E-state index in [0.29, 0.717) is 23.6 Å². The second-order valence-corrected chi connectivity index (χ2v) is 7.25. The first kappa shape index (κ1) is 24.1. The Morgan fingerprint density at radius 3 is 2.45 bits per heavy atom. The molecular weight excluding hydrogens is 418 g/mol. The van der Waals surface area contributed by atoms with Crippen LogP contribution in [-0.2, 0) is 0 Å². The molecule has 2 N–H and O–H groups in total. The molecule has 2 aromatic carbocycles. The number of non-ortho nitro benzene ring substituents is 1. The van der Waals surface area contributed by atoms with Gasteiger partial charge in [-0.2, -0.15) is 0 Å². The molecule has 0 saturated heterocycles. The van der Waals surface area contributed by atoms with Gasteiger partial charge < -0.3 is 14.8 Å². The van der Waals surface area contributed by atoms with E-state index in [1.165, 1.54) is 44.6 Å². The van der Waals surface area contributed by atoms with Crippen molar-refractivity contribution in [2.75, 3.05) is 19.0 Å². The number of hydrogen-bond acceptors (Lipinski definition) is 6. The van der Waals surface area contributed by atoms with Crippen molar-refractivity contribution in [1.29, 1.82) is 0 Å². The van der Waals surface area contributed by atoms with Crippen molar-refractivity contribution in [3.05, 3.63) is 58.1 Å². The zero-order valence-electron chi connectivity index (χ0n) is 17.7. The molecule has 31 heavy (non-hydrogen) atoms. The summed E-state index contributed by atoms with van der Waals surface area (Å²) in [6, 6.07) is 10.9. The molecule has 0 aliphatic carbocycles. The number of ether oxygens (including phenoxy) is 2. The third-order valence-corrected chi connectivity index (χ3v) is 4.71. The Labute approximate surface area is 187 Å². The molecular formula is C22H27N3O5S. The lowest BCUT2D eigenvalue weighted by atomic mass is 10.2. The fourth-order valence-electron chi connectivity index (χ4n) is 2.82. The largest absolute Gasteiger partial charge is 0.494 e. The van der Waals surface area contributed by atoms with Gasteiger partial charge in [0, 0.05) is 11.6 Å². The number of amides is 1. The summed E-state index contributed by atoms with van der Waals surface area (Å²) in [5, 5.41) is 16.3. The fraction of sp³-hybridized carbons (Fsp3) is 0.364. The minimum atomic E-state index is -0.522. The lowest BCUT2D eigenvalue weighted by molar-refractivity contribution is -0.384. The van der Waals surface area contributed by atoms with Crippen molar-refractivity contribution in [1.82, 2.24) is 5.32 Å². The maximum Gasteiger partial charge on any atom is 0.273 e. The van der Waals surface area contributed by atoms with Gasteiger partial charge in [0.1, 0.15) is 11.5 Å². The minimum absolute atomic E-state index is 0.0459. The maximum atomic E-state index is 12.4. The molecule has 0 unspecified atom stereocenters. The second-order valence-electron chi connectivity index (χ2n) is 6.84. The summed E-state index contributed by atoms with van der Waals surface area (Å²) in [4.78, 5) is 22.8. The van der Waals surface area contributed by atoms with E-state index in [0.717, 1.165) is 12.8 Å². The summed E-state index contributed by atoms with van der Waals surface area (Å²) >= 11 is 5.17.